The van der Waals surface area contributed by atoms with Gasteiger partial charge in [-0.3, -0.25) is 4.79 Å². The lowest BCUT2D eigenvalue weighted by Gasteiger charge is -2.39. The number of fused-ring (bicyclic) bond motifs is 5. The highest BCUT2D eigenvalue weighted by atomic mass is 32.2. The summed E-state index contributed by atoms with van der Waals surface area (Å²) in [6.07, 6.45) is -0.102. The molecule has 0 radical (unpaired) electrons. The fourth-order valence-corrected chi connectivity index (χ4v) is 7.35. The fourth-order valence-electron chi connectivity index (χ4n) is 5.91. The number of carboxylic acid groups (broad SMARTS) is 1. The molecule has 6 rings (SSSR count). The molecule has 0 saturated carbocycles. The predicted octanol–water partition coefficient (Wildman–Crippen LogP) is 5.69. The third kappa shape index (κ3) is 3.46. The molecule has 4 aromatic rings. The van der Waals surface area contributed by atoms with E-state index in [1.54, 1.807) is 0 Å². The summed E-state index contributed by atoms with van der Waals surface area (Å²) in [6.45, 7) is 0. The Hall–Kier alpha value is -4.07. The molecule has 38 heavy (non-hydrogen) atoms. The molecule has 0 spiro atoms. The third-order valence-corrected chi connectivity index (χ3v) is 8.91. The molecule has 190 valence electrons. The zero-order chi connectivity index (χ0) is 26.6. The molecule has 2 aliphatic rings. The van der Waals surface area contributed by atoms with Crippen LogP contribution in [0.15, 0.2) is 94.7 Å². The monoisotopic (exact) mass is 522 g/mol. The van der Waals surface area contributed by atoms with E-state index in [4.69, 9.17) is 10.5 Å². The zero-order valence-corrected chi connectivity index (χ0v) is 21.8. The van der Waals surface area contributed by atoms with E-state index in [1.807, 2.05) is 84.7 Å². The number of carbonyl (C=O) groups is 2. The first-order valence-electron chi connectivity index (χ1n) is 12.3. The van der Waals surface area contributed by atoms with Gasteiger partial charge in [-0.15, -0.1) is 0 Å². The molecule has 3 N–H and O–H groups in total. The summed E-state index contributed by atoms with van der Waals surface area (Å²) >= 11 is 1.46. The van der Waals surface area contributed by atoms with Gasteiger partial charge in [0.2, 0.25) is 0 Å². The number of nitrogens with two attached hydrogens (primary N) is 1. The van der Waals surface area contributed by atoms with E-state index < -0.39 is 23.4 Å². The molecule has 1 unspecified atom stereocenters. The fraction of sp³-hybridized carbons (Fsp3) is 0.161. The van der Waals surface area contributed by atoms with Gasteiger partial charge in [-0.05, 0) is 39.9 Å². The van der Waals surface area contributed by atoms with Crippen molar-refractivity contribution in [1.82, 2.24) is 0 Å². The van der Waals surface area contributed by atoms with Gasteiger partial charge in [0, 0.05) is 28.3 Å². The molecule has 7 heteroatoms. The minimum atomic E-state index is -1.55. The van der Waals surface area contributed by atoms with Gasteiger partial charge in [-0.2, -0.15) is 0 Å². The molecule has 0 aromatic heterocycles. The van der Waals surface area contributed by atoms with Crippen LogP contribution in [0.1, 0.15) is 28.2 Å². The zero-order valence-electron chi connectivity index (χ0n) is 21.0. The maximum Gasteiger partial charge on any atom is 0.331 e. The van der Waals surface area contributed by atoms with Crippen molar-refractivity contribution in [2.24, 2.45) is 5.73 Å². The summed E-state index contributed by atoms with van der Waals surface area (Å²) in [4.78, 5) is 29.1. The molecular weight excluding hydrogens is 496 g/mol. The number of esters is 1. The quantitative estimate of drug-likeness (QED) is 0.326. The number of methoxy groups -OCH3 is 1. The first-order chi connectivity index (χ1) is 18.4. The summed E-state index contributed by atoms with van der Waals surface area (Å²) in [6, 6.07) is 27.6. The number of carboxylic acids is 1. The maximum absolute atomic E-state index is 13.8. The number of ether oxygens (including phenoxy) is 1. The Balaban J connectivity index is 1.60. The van der Waals surface area contributed by atoms with E-state index in [9.17, 15) is 14.7 Å². The van der Waals surface area contributed by atoms with Crippen molar-refractivity contribution < 1.29 is 19.4 Å². The molecule has 0 amide bonds. The average molecular weight is 523 g/mol. The minimum absolute atomic E-state index is 0.102. The maximum atomic E-state index is 13.8. The predicted molar refractivity (Wildman–Crippen MR) is 148 cm³/mol. The number of carbonyl (C=O) groups excluding carboxylic acids is 1. The van der Waals surface area contributed by atoms with Crippen LogP contribution in [0.5, 0.6) is 0 Å². The van der Waals surface area contributed by atoms with Crippen molar-refractivity contribution >= 4 is 35.1 Å². The number of aliphatic carboxylic acids is 1. The standard InChI is InChI=1S/C31H26N2O4S/c1-33-24-15-7-9-18(17-26(34)35)28(24)38-29-23(14-8-16-25(29)33)31(32,30(36)37-2)27-21-12-5-3-10-19(21)20-11-4-6-13-22(20)27/h3-16,27H,17,32H2,1-2H3,(H,34,35). The lowest BCUT2D eigenvalue weighted by atomic mass is 9.73. The number of hydrogen-bond acceptors (Lipinski definition) is 6. The van der Waals surface area contributed by atoms with E-state index in [2.05, 4.69) is 12.1 Å². The highest BCUT2D eigenvalue weighted by Gasteiger charge is 2.52. The number of nitrogens with zero attached hydrogens (tertiary/aromatic N) is 1. The van der Waals surface area contributed by atoms with E-state index in [0.717, 1.165) is 43.4 Å². The Morgan fingerprint density at radius 2 is 1.47 bits per heavy atom. The van der Waals surface area contributed by atoms with E-state index in [-0.39, 0.29) is 6.42 Å². The molecule has 1 atom stereocenters. The molecule has 0 bridgehead atoms. The summed E-state index contributed by atoms with van der Waals surface area (Å²) in [5.74, 6) is -1.91. The Kier molecular flexibility index (Phi) is 5.78. The van der Waals surface area contributed by atoms with Gasteiger partial charge >= 0.3 is 11.9 Å². The van der Waals surface area contributed by atoms with Crippen LogP contribution in [-0.4, -0.2) is 31.2 Å². The number of benzene rings is 4. The highest BCUT2D eigenvalue weighted by Crippen LogP contribution is 2.57. The van der Waals surface area contributed by atoms with Gasteiger partial charge in [-0.25, -0.2) is 4.79 Å². The number of hydrogen-bond donors (Lipinski definition) is 2. The van der Waals surface area contributed by atoms with Crippen molar-refractivity contribution in [2.75, 3.05) is 19.1 Å². The van der Waals surface area contributed by atoms with Gasteiger partial charge < -0.3 is 20.5 Å². The van der Waals surface area contributed by atoms with Gasteiger partial charge in [-0.1, -0.05) is 84.6 Å². The third-order valence-electron chi connectivity index (χ3n) is 7.60. The first-order valence-corrected chi connectivity index (χ1v) is 13.1. The lowest BCUT2D eigenvalue weighted by Crippen LogP contribution is -2.51. The normalized spacial score (nSPS) is 15.1. The van der Waals surface area contributed by atoms with Gasteiger partial charge in [0.25, 0.3) is 0 Å². The number of rotatable bonds is 5. The van der Waals surface area contributed by atoms with Crippen LogP contribution in [0, 0.1) is 0 Å². The average Bonchev–Trinajstić information content (AvgIpc) is 3.27. The molecule has 6 nitrogen and oxygen atoms in total. The SMILES string of the molecule is COC(=O)C(N)(c1cccc2c1Sc1c(CC(=O)O)cccc1N2C)C1c2ccccc2-c2ccccc21. The molecule has 1 aliphatic carbocycles. The summed E-state index contributed by atoms with van der Waals surface area (Å²) in [5.41, 5.74) is 13.0. The second-order valence-electron chi connectivity index (χ2n) is 9.62. The molecule has 1 heterocycles. The van der Waals surface area contributed by atoms with Gasteiger partial charge in [0.05, 0.1) is 24.9 Å². The van der Waals surface area contributed by atoms with E-state index in [1.165, 1.54) is 18.9 Å². The largest absolute Gasteiger partial charge is 0.481 e. The van der Waals surface area contributed by atoms with Crippen molar-refractivity contribution in [3.63, 3.8) is 0 Å². The smallest absolute Gasteiger partial charge is 0.331 e. The highest BCUT2D eigenvalue weighted by molar-refractivity contribution is 7.99. The van der Waals surface area contributed by atoms with Crippen molar-refractivity contribution in [1.29, 1.82) is 0 Å². The van der Waals surface area contributed by atoms with Crippen LogP contribution in [0.3, 0.4) is 0 Å². The second kappa shape index (κ2) is 9.04. The topological polar surface area (TPSA) is 92.9 Å². The Morgan fingerprint density at radius 3 is 2.08 bits per heavy atom. The van der Waals surface area contributed by atoms with Gasteiger partial charge in [0.15, 0.2) is 5.54 Å². The van der Waals surface area contributed by atoms with Crippen molar-refractivity contribution in [2.45, 2.75) is 27.7 Å². The minimum Gasteiger partial charge on any atom is -0.481 e. The Labute approximate surface area is 225 Å². The van der Waals surface area contributed by atoms with Crippen LogP contribution in [0.2, 0.25) is 0 Å². The van der Waals surface area contributed by atoms with Gasteiger partial charge in [0.1, 0.15) is 0 Å². The van der Waals surface area contributed by atoms with E-state index in [0.29, 0.717) is 11.1 Å². The molecule has 0 saturated heterocycles. The van der Waals surface area contributed by atoms with Crippen molar-refractivity contribution in [3.05, 3.63) is 107 Å². The van der Waals surface area contributed by atoms with Crippen LogP contribution in [0.4, 0.5) is 11.4 Å². The van der Waals surface area contributed by atoms with Crippen LogP contribution in [-0.2, 0) is 26.3 Å². The second-order valence-corrected chi connectivity index (χ2v) is 10.6. The molecule has 1 aliphatic heterocycles. The Morgan fingerprint density at radius 1 is 0.895 bits per heavy atom. The summed E-state index contributed by atoms with van der Waals surface area (Å²) < 4.78 is 5.41. The molecular formula is C31H26N2O4S. The van der Waals surface area contributed by atoms with Crippen LogP contribution < -0.4 is 10.6 Å². The summed E-state index contributed by atoms with van der Waals surface area (Å²) in [5, 5.41) is 9.54. The van der Waals surface area contributed by atoms with Crippen molar-refractivity contribution in [3.8, 4) is 11.1 Å². The van der Waals surface area contributed by atoms with Crippen LogP contribution >= 0.6 is 11.8 Å². The van der Waals surface area contributed by atoms with E-state index >= 15 is 0 Å². The first kappa shape index (κ1) is 24.3. The molecule has 0 fully saturated rings. The summed E-state index contributed by atoms with van der Waals surface area (Å²) in [7, 11) is 3.31. The number of anilines is 2. The molecule has 4 aromatic carbocycles. The van der Waals surface area contributed by atoms with Crippen LogP contribution in [0.25, 0.3) is 11.1 Å². The lowest BCUT2D eigenvalue weighted by molar-refractivity contribution is -0.148. The Bertz CT molecular complexity index is 1570.